The first kappa shape index (κ1) is 16.1. The van der Waals surface area contributed by atoms with E-state index >= 15 is 0 Å². The Labute approximate surface area is 131 Å². The maximum Gasteiger partial charge on any atom is 0.411 e. The Balaban J connectivity index is 1.92. The molecule has 2 rings (SSSR count). The van der Waals surface area contributed by atoms with Gasteiger partial charge in [0.2, 0.25) is 0 Å². The first-order valence-corrected chi connectivity index (χ1v) is 7.63. The van der Waals surface area contributed by atoms with Crippen molar-refractivity contribution in [3.63, 3.8) is 0 Å². The third-order valence-electron chi connectivity index (χ3n) is 3.82. The Morgan fingerprint density at radius 1 is 1.43 bits per heavy atom. The maximum absolute atomic E-state index is 12.0. The zero-order chi connectivity index (χ0) is 15.6. The molecule has 1 aromatic carbocycles. The van der Waals surface area contributed by atoms with Crippen LogP contribution < -0.4 is 5.32 Å². The zero-order valence-corrected chi connectivity index (χ0v) is 13.8. The van der Waals surface area contributed by atoms with Crippen molar-refractivity contribution in [1.82, 2.24) is 4.90 Å². The van der Waals surface area contributed by atoms with Gasteiger partial charge in [-0.05, 0) is 45.7 Å². The van der Waals surface area contributed by atoms with Crippen LogP contribution >= 0.6 is 11.6 Å². The molecule has 0 bridgehead atoms. The van der Waals surface area contributed by atoms with Crippen molar-refractivity contribution in [1.29, 1.82) is 0 Å². The molecular weight excluding hydrogens is 288 g/mol. The number of para-hydroxylation sites is 1. The SMILES string of the molecule is Cc1cccc(Cl)c1NC(=O)OC1CCN(C(C)(C)C)C1. The van der Waals surface area contributed by atoms with Crippen molar-refractivity contribution in [3.8, 4) is 0 Å². The predicted molar refractivity (Wildman–Crippen MR) is 86.0 cm³/mol. The van der Waals surface area contributed by atoms with Crippen molar-refractivity contribution < 1.29 is 9.53 Å². The monoisotopic (exact) mass is 310 g/mol. The van der Waals surface area contributed by atoms with Gasteiger partial charge < -0.3 is 4.74 Å². The quantitative estimate of drug-likeness (QED) is 0.895. The van der Waals surface area contributed by atoms with Crippen LogP contribution in [0.15, 0.2) is 18.2 Å². The molecule has 4 nitrogen and oxygen atoms in total. The molecule has 0 spiro atoms. The lowest BCUT2D eigenvalue weighted by Crippen LogP contribution is -2.40. The lowest BCUT2D eigenvalue weighted by molar-refractivity contribution is 0.0981. The minimum Gasteiger partial charge on any atom is -0.445 e. The Kier molecular flexibility index (Phi) is 4.79. The summed E-state index contributed by atoms with van der Waals surface area (Å²) in [5.74, 6) is 0. The summed E-state index contributed by atoms with van der Waals surface area (Å²) in [5, 5.41) is 3.27. The van der Waals surface area contributed by atoms with E-state index in [2.05, 4.69) is 31.0 Å². The molecule has 116 valence electrons. The summed E-state index contributed by atoms with van der Waals surface area (Å²) in [6.45, 7) is 10.1. The minimum absolute atomic E-state index is 0.0629. The zero-order valence-electron chi connectivity index (χ0n) is 13.1. The van der Waals surface area contributed by atoms with Gasteiger partial charge in [0, 0.05) is 18.6 Å². The number of amides is 1. The van der Waals surface area contributed by atoms with Gasteiger partial charge in [0.05, 0.1) is 10.7 Å². The first-order valence-electron chi connectivity index (χ1n) is 7.25. The third kappa shape index (κ3) is 4.11. The van der Waals surface area contributed by atoms with E-state index in [0.29, 0.717) is 10.7 Å². The van der Waals surface area contributed by atoms with Crippen LogP contribution in [0.25, 0.3) is 0 Å². The standard InChI is InChI=1S/C16H23ClN2O2/c1-11-6-5-7-13(17)14(11)18-15(20)21-12-8-9-19(10-12)16(2,3)4/h5-7,12H,8-10H2,1-4H3,(H,18,20). The Bertz CT molecular complexity index is 505. The Morgan fingerprint density at radius 3 is 2.71 bits per heavy atom. The smallest absolute Gasteiger partial charge is 0.411 e. The van der Waals surface area contributed by atoms with Gasteiger partial charge in [-0.25, -0.2) is 4.79 Å². The molecule has 1 amide bonds. The Hall–Kier alpha value is -1.26. The lowest BCUT2D eigenvalue weighted by atomic mass is 10.1. The van der Waals surface area contributed by atoms with E-state index in [1.165, 1.54) is 0 Å². The Morgan fingerprint density at radius 2 is 2.14 bits per heavy atom. The molecule has 1 N–H and O–H groups in total. The summed E-state index contributed by atoms with van der Waals surface area (Å²) in [7, 11) is 0. The highest BCUT2D eigenvalue weighted by molar-refractivity contribution is 6.33. The van der Waals surface area contributed by atoms with E-state index in [9.17, 15) is 4.79 Å². The molecular formula is C16H23ClN2O2. The number of aryl methyl sites for hydroxylation is 1. The number of hydrogen-bond acceptors (Lipinski definition) is 3. The van der Waals surface area contributed by atoms with Crippen LogP contribution in [0.1, 0.15) is 32.8 Å². The highest BCUT2D eigenvalue weighted by atomic mass is 35.5. The van der Waals surface area contributed by atoms with Crippen LogP contribution in [0.5, 0.6) is 0 Å². The van der Waals surface area contributed by atoms with E-state index in [-0.39, 0.29) is 11.6 Å². The van der Waals surface area contributed by atoms with Gasteiger partial charge >= 0.3 is 6.09 Å². The number of likely N-dealkylation sites (tertiary alicyclic amines) is 1. The van der Waals surface area contributed by atoms with Crippen molar-refractivity contribution in [3.05, 3.63) is 28.8 Å². The topological polar surface area (TPSA) is 41.6 Å². The van der Waals surface area contributed by atoms with Crippen LogP contribution in [-0.2, 0) is 4.74 Å². The predicted octanol–water partition coefficient (Wildman–Crippen LogP) is 4.07. The number of rotatable bonds is 2. The lowest BCUT2D eigenvalue weighted by Gasteiger charge is -2.31. The van der Waals surface area contributed by atoms with Gasteiger partial charge in [0.25, 0.3) is 0 Å². The van der Waals surface area contributed by atoms with Gasteiger partial charge in [0.15, 0.2) is 0 Å². The second kappa shape index (κ2) is 6.24. The van der Waals surface area contributed by atoms with Gasteiger partial charge in [-0.15, -0.1) is 0 Å². The average molecular weight is 311 g/mol. The number of nitrogens with one attached hydrogen (secondary N) is 1. The van der Waals surface area contributed by atoms with Crippen LogP contribution in [0.2, 0.25) is 5.02 Å². The van der Waals surface area contributed by atoms with Crippen LogP contribution in [0, 0.1) is 6.92 Å². The second-order valence-corrected chi connectivity index (χ2v) is 6.90. The number of nitrogens with zero attached hydrogens (tertiary/aromatic N) is 1. The molecule has 1 saturated heterocycles. The summed E-state index contributed by atoms with van der Waals surface area (Å²) in [6, 6.07) is 5.51. The van der Waals surface area contributed by atoms with E-state index in [0.717, 1.165) is 25.1 Å². The fourth-order valence-corrected chi connectivity index (χ4v) is 2.78. The van der Waals surface area contributed by atoms with Crippen molar-refractivity contribution in [2.24, 2.45) is 0 Å². The molecule has 5 heteroatoms. The highest BCUT2D eigenvalue weighted by Crippen LogP contribution is 2.26. The summed E-state index contributed by atoms with van der Waals surface area (Å²) < 4.78 is 5.50. The summed E-state index contributed by atoms with van der Waals surface area (Å²) >= 11 is 6.09. The highest BCUT2D eigenvalue weighted by Gasteiger charge is 2.32. The van der Waals surface area contributed by atoms with E-state index in [1.54, 1.807) is 6.07 Å². The fraction of sp³-hybridized carbons (Fsp3) is 0.562. The molecule has 1 aliphatic heterocycles. The minimum atomic E-state index is -0.438. The number of anilines is 1. The maximum atomic E-state index is 12.0. The number of carbonyl (C=O) groups excluding carboxylic acids is 1. The third-order valence-corrected chi connectivity index (χ3v) is 4.13. The first-order chi connectivity index (χ1) is 9.77. The number of halogens is 1. The van der Waals surface area contributed by atoms with Crippen LogP contribution in [0.3, 0.4) is 0 Å². The molecule has 1 aliphatic rings. The molecule has 21 heavy (non-hydrogen) atoms. The van der Waals surface area contributed by atoms with Gasteiger partial charge in [0.1, 0.15) is 6.10 Å². The number of ether oxygens (including phenoxy) is 1. The fourth-order valence-electron chi connectivity index (χ4n) is 2.51. The molecule has 0 aliphatic carbocycles. The summed E-state index contributed by atoms with van der Waals surface area (Å²) in [6.07, 6.45) is 0.366. The largest absolute Gasteiger partial charge is 0.445 e. The molecule has 0 radical (unpaired) electrons. The number of hydrogen-bond donors (Lipinski definition) is 1. The van der Waals surface area contributed by atoms with Gasteiger partial charge in [-0.2, -0.15) is 0 Å². The molecule has 1 unspecified atom stereocenters. The summed E-state index contributed by atoms with van der Waals surface area (Å²) in [4.78, 5) is 14.3. The van der Waals surface area contributed by atoms with Gasteiger partial charge in [-0.3, -0.25) is 10.2 Å². The number of benzene rings is 1. The van der Waals surface area contributed by atoms with E-state index in [1.807, 2.05) is 19.1 Å². The normalized spacial score (nSPS) is 19.6. The van der Waals surface area contributed by atoms with Crippen molar-refractivity contribution >= 4 is 23.4 Å². The van der Waals surface area contributed by atoms with E-state index < -0.39 is 6.09 Å². The molecule has 1 aromatic rings. The molecule has 1 fully saturated rings. The van der Waals surface area contributed by atoms with Crippen molar-refractivity contribution in [2.45, 2.75) is 45.8 Å². The average Bonchev–Trinajstić information content (AvgIpc) is 2.82. The summed E-state index contributed by atoms with van der Waals surface area (Å²) in [5.41, 5.74) is 1.64. The number of carbonyl (C=O) groups is 1. The second-order valence-electron chi connectivity index (χ2n) is 6.49. The van der Waals surface area contributed by atoms with Crippen LogP contribution in [0.4, 0.5) is 10.5 Å². The van der Waals surface area contributed by atoms with Crippen molar-refractivity contribution in [2.75, 3.05) is 18.4 Å². The van der Waals surface area contributed by atoms with Crippen LogP contribution in [-0.4, -0.2) is 35.7 Å². The molecule has 0 aromatic heterocycles. The molecule has 1 heterocycles. The van der Waals surface area contributed by atoms with E-state index in [4.69, 9.17) is 16.3 Å². The molecule has 1 atom stereocenters. The van der Waals surface area contributed by atoms with Gasteiger partial charge in [-0.1, -0.05) is 23.7 Å². The molecule has 0 saturated carbocycles.